The molecule has 0 bridgehead atoms. The zero-order chi connectivity index (χ0) is 14.5. The van der Waals surface area contributed by atoms with Crippen LogP contribution >= 0.6 is 0 Å². The average molecular weight is 279 g/mol. The van der Waals surface area contributed by atoms with Crippen molar-refractivity contribution >= 4 is 17.8 Å². The number of nitrogens with one attached hydrogen (secondary N) is 2. The van der Waals surface area contributed by atoms with Gasteiger partial charge in [0.05, 0.1) is 5.92 Å². The van der Waals surface area contributed by atoms with Gasteiger partial charge in [-0.05, 0) is 26.2 Å². The predicted molar refractivity (Wildman–Crippen MR) is 74.0 cm³/mol. The fourth-order valence-corrected chi connectivity index (χ4v) is 2.40. The van der Waals surface area contributed by atoms with E-state index >= 15 is 0 Å². The average Bonchev–Trinajstić information content (AvgIpc) is 2.84. The van der Waals surface area contributed by atoms with Crippen LogP contribution in [0, 0.1) is 12.8 Å². The Kier molecular flexibility index (Phi) is 4.70. The van der Waals surface area contributed by atoms with Gasteiger partial charge in [-0.2, -0.15) is 4.98 Å². The van der Waals surface area contributed by atoms with Crippen LogP contribution < -0.4 is 5.32 Å². The first kappa shape index (κ1) is 14.5. The Labute approximate surface area is 118 Å². The van der Waals surface area contributed by atoms with Crippen molar-refractivity contribution in [2.24, 2.45) is 5.92 Å². The van der Waals surface area contributed by atoms with Crippen LogP contribution in [0.2, 0.25) is 0 Å². The minimum Gasteiger partial charge on any atom is -0.342 e. The second-order valence-electron chi connectivity index (χ2n) is 5.16. The molecule has 110 valence electrons. The molecule has 1 atom stereocenters. The van der Waals surface area contributed by atoms with E-state index in [9.17, 15) is 9.59 Å². The molecule has 0 radical (unpaired) electrons. The summed E-state index contributed by atoms with van der Waals surface area (Å²) < 4.78 is 0. The third kappa shape index (κ3) is 3.55. The molecule has 1 aliphatic heterocycles. The SMILES string of the molecule is CCCC(=O)N1CCC[C@@H](C(=O)Nc2n[nH]c(C)n2)C1. The largest absolute Gasteiger partial charge is 0.342 e. The molecule has 2 N–H and O–H groups in total. The first-order chi connectivity index (χ1) is 9.60. The molecule has 1 saturated heterocycles. The molecule has 2 heterocycles. The number of piperidine rings is 1. The van der Waals surface area contributed by atoms with E-state index in [2.05, 4.69) is 20.5 Å². The third-order valence-electron chi connectivity index (χ3n) is 3.44. The van der Waals surface area contributed by atoms with E-state index in [-0.39, 0.29) is 17.7 Å². The van der Waals surface area contributed by atoms with Crippen molar-refractivity contribution in [3.63, 3.8) is 0 Å². The summed E-state index contributed by atoms with van der Waals surface area (Å²) in [5, 5.41) is 9.26. The van der Waals surface area contributed by atoms with Gasteiger partial charge in [-0.25, -0.2) is 0 Å². The summed E-state index contributed by atoms with van der Waals surface area (Å²) in [5.74, 6) is 0.799. The number of carbonyl (C=O) groups is 2. The molecule has 0 aromatic carbocycles. The second-order valence-corrected chi connectivity index (χ2v) is 5.16. The molecule has 7 heteroatoms. The summed E-state index contributed by atoms with van der Waals surface area (Å²) in [5.41, 5.74) is 0. The number of amides is 2. The van der Waals surface area contributed by atoms with E-state index in [1.807, 2.05) is 6.92 Å². The van der Waals surface area contributed by atoms with E-state index in [1.54, 1.807) is 11.8 Å². The van der Waals surface area contributed by atoms with E-state index in [1.165, 1.54) is 0 Å². The van der Waals surface area contributed by atoms with Crippen LogP contribution in [0.25, 0.3) is 0 Å². The lowest BCUT2D eigenvalue weighted by Crippen LogP contribution is -2.43. The monoisotopic (exact) mass is 279 g/mol. The van der Waals surface area contributed by atoms with Crippen LogP contribution in [0.4, 0.5) is 5.95 Å². The molecule has 0 aliphatic carbocycles. The van der Waals surface area contributed by atoms with Gasteiger partial charge in [-0.1, -0.05) is 6.92 Å². The number of aromatic amines is 1. The van der Waals surface area contributed by atoms with Gasteiger partial charge in [-0.3, -0.25) is 20.0 Å². The van der Waals surface area contributed by atoms with Gasteiger partial charge in [0.1, 0.15) is 5.82 Å². The number of rotatable bonds is 4. The van der Waals surface area contributed by atoms with Crippen molar-refractivity contribution in [3.05, 3.63) is 5.82 Å². The first-order valence-electron chi connectivity index (χ1n) is 7.07. The molecular weight excluding hydrogens is 258 g/mol. The fourth-order valence-electron chi connectivity index (χ4n) is 2.40. The molecule has 7 nitrogen and oxygen atoms in total. The van der Waals surface area contributed by atoms with Crippen LogP contribution in [-0.4, -0.2) is 45.0 Å². The van der Waals surface area contributed by atoms with E-state index < -0.39 is 0 Å². The van der Waals surface area contributed by atoms with Gasteiger partial charge in [0.15, 0.2) is 0 Å². The van der Waals surface area contributed by atoms with E-state index in [4.69, 9.17) is 0 Å². The maximum atomic E-state index is 12.2. The van der Waals surface area contributed by atoms with Crippen LogP contribution in [0.5, 0.6) is 0 Å². The number of hydrogen-bond acceptors (Lipinski definition) is 4. The molecule has 0 unspecified atom stereocenters. The molecule has 0 spiro atoms. The Morgan fingerprint density at radius 3 is 2.95 bits per heavy atom. The third-order valence-corrected chi connectivity index (χ3v) is 3.44. The highest BCUT2D eigenvalue weighted by molar-refractivity contribution is 5.91. The summed E-state index contributed by atoms with van der Waals surface area (Å²) in [6.07, 6.45) is 3.04. The maximum Gasteiger partial charge on any atom is 0.248 e. The maximum absolute atomic E-state index is 12.2. The summed E-state index contributed by atoms with van der Waals surface area (Å²) in [4.78, 5) is 29.9. The fraction of sp³-hybridized carbons (Fsp3) is 0.692. The Morgan fingerprint density at radius 1 is 1.50 bits per heavy atom. The normalized spacial score (nSPS) is 18.9. The minimum absolute atomic E-state index is 0.113. The molecule has 20 heavy (non-hydrogen) atoms. The zero-order valence-corrected chi connectivity index (χ0v) is 12.0. The lowest BCUT2D eigenvalue weighted by Gasteiger charge is -2.31. The van der Waals surface area contributed by atoms with Gasteiger partial charge in [0.25, 0.3) is 0 Å². The lowest BCUT2D eigenvalue weighted by molar-refractivity contribution is -0.134. The molecule has 2 rings (SSSR count). The van der Waals surface area contributed by atoms with Gasteiger partial charge in [-0.15, -0.1) is 5.10 Å². The highest BCUT2D eigenvalue weighted by Gasteiger charge is 2.28. The van der Waals surface area contributed by atoms with Crippen molar-refractivity contribution in [1.29, 1.82) is 0 Å². The highest BCUT2D eigenvalue weighted by Crippen LogP contribution is 2.19. The van der Waals surface area contributed by atoms with Crippen LogP contribution in [-0.2, 0) is 9.59 Å². The molecular formula is C13H21N5O2. The number of carbonyl (C=O) groups excluding carboxylic acids is 2. The molecule has 1 aromatic rings. The quantitative estimate of drug-likeness (QED) is 0.863. The number of H-pyrrole nitrogens is 1. The van der Waals surface area contributed by atoms with Gasteiger partial charge < -0.3 is 4.90 Å². The molecule has 2 amide bonds. The number of hydrogen-bond donors (Lipinski definition) is 2. The Bertz CT molecular complexity index is 485. The number of likely N-dealkylation sites (tertiary alicyclic amines) is 1. The number of aryl methyl sites for hydroxylation is 1. The topological polar surface area (TPSA) is 91.0 Å². The van der Waals surface area contributed by atoms with Crippen molar-refractivity contribution < 1.29 is 9.59 Å². The van der Waals surface area contributed by atoms with Crippen molar-refractivity contribution in [3.8, 4) is 0 Å². The smallest absolute Gasteiger partial charge is 0.248 e. The number of nitrogens with zero attached hydrogens (tertiary/aromatic N) is 3. The van der Waals surface area contributed by atoms with Gasteiger partial charge >= 0.3 is 0 Å². The van der Waals surface area contributed by atoms with E-state index in [0.29, 0.717) is 24.7 Å². The molecule has 1 aliphatic rings. The Hall–Kier alpha value is -1.92. The molecule has 1 fully saturated rings. The lowest BCUT2D eigenvalue weighted by atomic mass is 9.97. The zero-order valence-electron chi connectivity index (χ0n) is 12.0. The van der Waals surface area contributed by atoms with Crippen LogP contribution in [0.3, 0.4) is 0 Å². The summed E-state index contributed by atoms with van der Waals surface area (Å²) >= 11 is 0. The van der Waals surface area contributed by atoms with Crippen LogP contribution in [0.1, 0.15) is 38.4 Å². The second kappa shape index (κ2) is 6.49. The number of aromatic nitrogens is 3. The Balaban J connectivity index is 1.91. The Morgan fingerprint density at radius 2 is 2.30 bits per heavy atom. The number of anilines is 1. The van der Waals surface area contributed by atoms with Crippen molar-refractivity contribution in [2.45, 2.75) is 39.5 Å². The summed E-state index contributed by atoms with van der Waals surface area (Å²) in [6.45, 7) is 5.00. The van der Waals surface area contributed by atoms with Crippen molar-refractivity contribution in [1.82, 2.24) is 20.1 Å². The van der Waals surface area contributed by atoms with Crippen molar-refractivity contribution in [2.75, 3.05) is 18.4 Å². The highest BCUT2D eigenvalue weighted by atomic mass is 16.2. The standard InChI is InChI=1S/C13H21N5O2/c1-3-5-11(19)18-7-4-6-10(8-18)12(20)15-13-14-9(2)16-17-13/h10H,3-8H2,1-2H3,(H2,14,15,16,17,20)/t10-/m1/s1. The first-order valence-corrected chi connectivity index (χ1v) is 7.07. The summed E-state index contributed by atoms with van der Waals surface area (Å²) in [7, 11) is 0. The van der Waals surface area contributed by atoms with Crippen LogP contribution in [0.15, 0.2) is 0 Å². The molecule has 1 aromatic heterocycles. The van der Waals surface area contributed by atoms with Gasteiger partial charge in [0, 0.05) is 19.5 Å². The minimum atomic E-state index is -0.177. The summed E-state index contributed by atoms with van der Waals surface area (Å²) in [6, 6.07) is 0. The van der Waals surface area contributed by atoms with Gasteiger partial charge in [0.2, 0.25) is 17.8 Å². The predicted octanol–water partition coefficient (Wildman–Crippen LogP) is 1.09. The molecule has 0 saturated carbocycles. The van der Waals surface area contributed by atoms with E-state index in [0.717, 1.165) is 25.8 Å².